The lowest BCUT2D eigenvalue weighted by Crippen LogP contribution is -2.27. The van der Waals surface area contributed by atoms with E-state index < -0.39 is 0 Å². The van der Waals surface area contributed by atoms with E-state index in [-0.39, 0.29) is 5.91 Å². The average molecular weight is 273 g/mol. The van der Waals surface area contributed by atoms with Gasteiger partial charge < -0.3 is 10.2 Å². The van der Waals surface area contributed by atoms with E-state index >= 15 is 0 Å². The predicted octanol–water partition coefficient (Wildman–Crippen LogP) is 0.949. The van der Waals surface area contributed by atoms with Crippen molar-refractivity contribution in [1.82, 2.24) is 25.0 Å². The third-order valence-corrected chi connectivity index (χ3v) is 2.88. The van der Waals surface area contributed by atoms with E-state index in [9.17, 15) is 4.79 Å². The smallest absolute Gasteiger partial charge is 0.251 e. The molecule has 0 aliphatic heterocycles. The van der Waals surface area contributed by atoms with Crippen LogP contribution in [0.5, 0.6) is 0 Å². The highest BCUT2D eigenvalue weighted by molar-refractivity contribution is 5.94. The van der Waals surface area contributed by atoms with Gasteiger partial charge in [-0.15, -0.1) is 0 Å². The van der Waals surface area contributed by atoms with E-state index in [4.69, 9.17) is 0 Å². The molecule has 0 aliphatic rings. The van der Waals surface area contributed by atoms with Crippen LogP contribution in [0, 0.1) is 0 Å². The van der Waals surface area contributed by atoms with Crippen molar-refractivity contribution in [3.8, 4) is 5.69 Å². The van der Waals surface area contributed by atoms with Crippen LogP contribution in [0.25, 0.3) is 5.69 Å². The Bertz CT molecular complexity index is 533. The quantitative estimate of drug-likeness (QED) is 0.796. The first-order chi connectivity index (χ1) is 9.66. The fourth-order valence-corrected chi connectivity index (χ4v) is 1.81. The monoisotopic (exact) mass is 273 g/mol. The number of aromatic nitrogens is 3. The SMILES string of the molecule is CN(C)CCCNC(=O)c1ccc(-n2cncn2)cc1. The topological polar surface area (TPSA) is 63.1 Å². The summed E-state index contributed by atoms with van der Waals surface area (Å²) in [4.78, 5) is 17.9. The van der Waals surface area contributed by atoms with Crippen molar-refractivity contribution < 1.29 is 4.79 Å². The largest absolute Gasteiger partial charge is 0.352 e. The molecule has 0 saturated carbocycles. The molecule has 0 bridgehead atoms. The van der Waals surface area contributed by atoms with Crippen LogP contribution in [-0.4, -0.2) is 52.8 Å². The van der Waals surface area contributed by atoms with Crippen molar-refractivity contribution in [3.05, 3.63) is 42.5 Å². The van der Waals surface area contributed by atoms with E-state index in [1.807, 2.05) is 26.2 Å². The maximum absolute atomic E-state index is 11.9. The summed E-state index contributed by atoms with van der Waals surface area (Å²) in [6.45, 7) is 1.65. The Labute approximate surface area is 118 Å². The zero-order chi connectivity index (χ0) is 14.4. The van der Waals surface area contributed by atoms with Crippen molar-refractivity contribution in [2.45, 2.75) is 6.42 Å². The van der Waals surface area contributed by atoms with Gasteiger partial charge in [-0.3, -0.25) is 4.79 Å². The maximum Gasteiger partial charge on any atom is 0.251 e. The van der Waals surface area contributed by atoms with Crippen LogP contribution in [-0.2, 0) is 0 Å². The van der Waals surface area contributed by atoms with Crippen molar-refractivity contribution in [1.29, 1.82) is 0 Å². The number of rotatable bonds is 6. The Hall–Kier alpha value is -2.21. The number of hydrogen-bond acceptors (Lipinski definition) is 4. The van der Waals surface area contributed by atoms with Gasteiger partial charge in [-0.1, -0.05) is 0 Å². The van der Waals surface area contributed by atoms with Crippen LogP contribution < -0.4 is 5.32 Å². The predicted molar refractivity (Wildman–Crippen MR) is 76.9 cm³/mol. The number of amides is 1. The summed E-state index contributed by atoms with van der Waals surface area (Å²) in [5, 5.41) is 6.95. The molecule has 1 amide bonds. The lowest BCUT2D eigenvalue weighted by atomic mass is 10.2. The highest BCUT2D eigenvalue weighted by atomic mass is 16.1. The molecule has 2 aromatic rings. The minimum atomic E-state index is -0.0473. The molecule has 0 saturated heterocycles. The number of nitrogens with zero attached hydrogens (tertiary/aromatic N) is 4. The first-order valence-electron chi connectivity index (χ1n) is 6.55. The van der Waals surface area contributed by atoms with Gasteiger partial charge in [0.1, 0.15) is 12.7 Å². The number of hydrogen-bond donors (Lipinski definition) is 1. The molecular formula is C14H19N5O. The van der Waals surface area contributed by atoms with Gasteiger partial charge in [0.15, 0.2) is 0 Å². The molecule has 0 spiro atoms. The van der Waals surface area contributed by atoms with Crippen LogP contribution in [0.4, 0.5) is 0 Å². The molecule has 1 aromatic heterocycles. The molecule has 1 aromatic carbocycles. The van der Waals surface area contributed by atoms with E-state index in [1.54, 1.807) is 23.1 Å². The summed E-state index contributed by atoms with van der Waals surface area (Å²) in [5.41, 5.74) is 1.53. The number of benzene rings is 1. The Morgan fingerprint density at radius 2 is 2.05 bits per heavy atom. The van der Waals surface area contributed by atoms with Crippen LogP contribution in [0.1, 0.15) is 16.8 Å². The summed E-state index contributed by atoms with van der Waals surface area (Å²) in [7, 11) is 4.04. The Morgan fingerprint density at radius 1 is 1.30 bits per heavy atom. The molecule has 6 heteroatoms. The molecule has 106 valence electrons. The first-order valence-corrected chi connectivity index (χ1v) is 6.55. The fourth-order valence-electron chi connectivity index (χ4n) is 1.81. The standard InChI is InChI=1S/C14H19N5O/c1-18(2)9-3-8-16-14(20)12-4-6-13(7-5-12)19-11-15-10-17-19/h4-7,10-11H,3,8-9H2,1-2H3,(H,16,20). The number of carbonyl (C=O) groups is 1. The minimum Gasteiger partial charge on any atom is -0.352 e. The Kier molecular flexibility index (Phi) is 4.84. The van der Waals surface area contributed by atoms with E-state index in [0.717, 1.165) is 18.7 Å². The average Bonchev–Trinajstić information content (AvgIpc) is 2.97. The van der Waals surface area contributed by atoms with Crippen LogP contribution in [0.3, 0.4) is 0 Å². The minimum absolute atomic E-state index is 0.0473. The van der Waals surface area contributed by atoms with Gasteiger partial charge in [0.2, 0.25) is 0 Å². The molecule has 2 rings (SSSR count). The van der Waals surface area contributed by atoms with Gasteiger partial charge >= 0.3 is 0 Å². The summed E-state index contributed by atoms with van der Waals surface area (Å²) < 4.78 is 1.65. The summed E-state index contributed by atoms with van der Waals surface area (Å²) >= 11 is 0. The molecule has 6 nitrogen and oxygen atoms in total. The highest BCUT2D eigenvalue weighted by Crippen LogP contribution is 2.07. The molecule has 0 atom stereocenters. The zero-order valence-electron chi connectivity index (χ0n) is 11.8. The second-order valence-electron chi connectivity index (χ2n) is 4.80. The highest BCUT2D eigenvalue weighted by Gasteiger charge is 2.05. The molecule has 0 unspecified atom stereocenters. The van der Waals surface area contributed by atoms with Crippen molar-refractivity contribution in [2.75, 3.05) is 27.2 Å². The third kappa shape index (κ3) is 3.89. The molecule has 1 N–H and O–H groups in total. The van der Waals surface area contributed by atoms with Crippen LogP contribution >= 0.6 is 0 Å². The van der Waals surface area contributed by atoms with E-state index in [0.29, 0.717) is 12.1 Å². The molecule has 0 aliphatic carbocycles. The third-order valence-electron chi connectivity index (χ3n) is 2.88. The lowest BCUT2D eigenvalue weighted by molar-refractivity contribution is 0.0952. The van der Waals surface area contributed by atoms with Gasteiger partial charge in [0.25, 0.3) is 5.91 Å². The van der Waals surface area contributed by atoms with Gasteiger partial charge in [-0.2, -0.15) is 5.10 Å². The van der Waals surface area contributed by atoms with Crippen molar-refractivity contribution in [3.63, 3.8) is 0 Å². The van der Waals surface area contributed by atoms with Gasteiger partial charge in [-0.25, -0.2) is 9.67 Å². The van der Waals surface area contributed by atoms with Crippen molar-refractivity contribution in [2.24, 2.45) is 0 Å². The molecule has 20 heavy (non-hydrogen) atoms. The summed E-state index contributed by atoms with van der Waals surface area (Å²) in [5.74, 6) is -0.0473. The molecule has 0 fully saturated rings. The van der Waals surface area contributed by atoms with Gasteiger partial charge in [0.05, 0.1) is 5.69 Å². The molecular weight excluding hydrogens is 254 g/mol. The van der Waals surface area contributed by atoms with Crippen LogP contribution in [0.2, 0.25) is 0 Å². The summed E-state index contributed by atoms with van der Waals surface area (Å²) in [6, 6.07) is 7.28. The zero-order valence-corrected chi connectivity index (χ0v) is 11.8. The second kappa shape index (κ2) is 6.81. The first kappa shape index (κ1) is 14.2. The molecule has 0 radical (unpaired) electrons. The van der Waals surface area contributed by atoms with Gasteiger partial charge in [-0.05, 0) is 51.3 Å². The fraction of sp³-hybridized carbons (Fsp3) is 0.357. The normalized spacial score (nSPS) is 10.8. The maximum atomic E-state index is 11.9. The van der Waals surface area contributed by atoms with E-state index in [1.165, 1.54) is 6.33 Å². The van der Waals surface area contributed by atoms with Crippen molar-refractivity contribution >= 4 is 5.91 Å². The Balaban J connectivity index is 1.88. The van der Waals surface area contributed by atoms with Gasteiger partial charge in [0, 0.05) is 12.1 Å². The molecule has 1 heterocycles. The number of nitrogens with one attached hydrogen (secondary N) is 1. The second-order valence-corrected chi connectivity index (χ2v) is 4.80. The summed E-state index contributed by atoms with van der Waals surface area (Å²) in [6.07, 6.45) is 4.04. The number of carbonyl (C=O) groups excluding carboxylic acids is 1. The van der Waals surface area contributed by atoms with E-state index in [2.05, 4.69) is 20.3 Å². The van der Waals surface area contributed by atoms with Crippen LogP contribution in [0.15, 0.2) is 36.9 Å². The lowest BCUT2D eigenvalue weighted by Gasteiger charge is -2.10. The Morgan fingerprint density at radius 3 is 2.65 bits per heavy atom.